The summed E-state index contributed by atoms with van der Waals surface area (Å²) in [7, 11) is 6.79. The van der Waals surface area contributed by atoms with Gasteiger partial charge in [-0.15, -0.1) is 11.3 Å². The first-order valence-electron chi connectivity index (χ1n) is 20.7. The SMILES string of the molecule is CC[C@H](C)C([C@@H](CC(=O)N1CCC[C@H]1[C@H](OC)[C@@H](C)C(=O)N[C@@H](Cc1ccccc1)c1nccs1)OC)N(C)C(=O)[C@@H](NC(=O)[C@H](C(C)C)N(C)CCN)C(C)C. The molecule has 1 aliphatic heterocycles. The number of benzene rings is 1. The van der Waals surface area contributed by atoms with Crippen molar-refractivity contribution in [2.75, 3.05) is 47.9 Å². The molecule has 57 heavy (non-hydrogen) atoms. The highest BCUT2D eigenvalue weighted by Crippen LogP contribution is 2.30. The van der Waals surface area contributed by atoms with E-state index in [1.54, 1.807) is 32.4 Å². The van der Waals surface area contributed by atoms with Crippen LogP contribution in [0.5, 0.6) is 0 Å². The fraction of sp³-hybridized carbons (Fsp3) is 0.698. The monoisotopic (exact) mass is 814 g/mol. The van der Waals surface area contributed by atoms with Crippen LogP contribution in [-0.4, -0.2) is 128 Å². The second-order valence-corrected chi connectivity index (χ2v) is 17.3. The van der Waals surface area contributed by atoms with E-state index in [9.17, 15) is 19.2 Å². The molecular weight excluding hydrogens is 743 g/mol. The van der Waals surface area contributed by atoms with Gasteiger partial charge in [0.25, 0.3) is 0 Å². The van der Waals surface area contributed by atoms with Gasteiger partial charge in [-0.25, -0.2) is 4.98 Å². The lowest BCUT2D eigenvalue weighted by atomic mass is 9.89. The molecule has 3 rings (SSSR count). The first-order chi connectivity index (χ1) is 27.1. The third-order valence-electron chi connectivity index (χ3n) is 11.7. The molecule has 0 spiro atoms. The van der Waals surface area contributed by atoms with E-state index >= 15 is 0 Å². The van der Waals surface area contributed by atoms with E-state index in [1.165, 1.54) is 11.3 Å². The first kappa shape index (κ1) is 47.9. The molecule has 1 fully saturated rings. The molecule has 1 aromatic carbocycles. The highest BCUT2D eigenvalue weighted by Gasteiger charge is 2.43. The van der Waals surface area contributed by atoms with Crippen LogP contribution in [0.4, 0.5) is 0 Å². The molecule has 0 bridgehead atoms. The molecule has 0 aliphatic carbocycles. The number of aromatic nitrogens is 1. The molecule has 0 saturated carbocycles. The molecule has 0 radical (unpaired) electrons. The molecular formula is C43H71N7O6S. The molecule has 2 aromatic rings. The summed E-state index contributed by atoms with van der Waals surface area (Å²) in [6.07, 6.45) is 3.43. The maximum absolute atomic E-state index is 14.4. The summed E-state index contributed by atoms with van der Waals surface area (Å²) in [5.74, 6) is -1.50. The number of thiazole rings is 1. The maximum Gasteiger partial charge on any atom is 0.245 e. The molecule has 14 heteroatoms. The van der Waals surface area contributed by atoms with E-state index in [1.807, 2.05) is 87.2 Å². The highest BCUT2D eigenvalue weighted by atomic mass is 32.1. The van der Waals surface area contributed by atoms with Gasteiger partial charge in [-0.1, -0.05) is 85.2 Å². The topological polar surface area (TPSA) is 159 Å². The fourth-order valence-electron chi connectivity index (χ4n) is 8.39. The van der Waals surface area contributed by atoms with Crippen LogP contribution in [0.2, 0.25) is 0 Å². The van der Waals surface area contributed by atoms with Gasteiger partial charge < -0.3 is 35.6 Å². The zero-order chi connectivity index (χ0) is 42.4. The molecule has 4 N–H and O–H groups in total. The zero-order valence-corrected chi connectivity index (χ0v) is 37.1. The smallest absolute Gasteiger partial charge is 0.245 e. The predicted molar refractivity (Wildman–Crippen MR) is 226 cm³/mol. The summed E-state index contributed by atoms with van der Waals surface area (Å²) in [4.78, 5) is 66.3. The average Bonchev–Trinajstić information content (AvgIpc) is 3.90. The van der Waals surface area contributed by atoms with E-state index in [2.05, 4.69) is 29.5 Å². The van der Waals surface area contributed by atoms with Gasteiger partial charge in [0, 0.05) is 52.5 Å². The van der Waals surface area contributed by atoms with Gasteiger partial charge in [-0.3, -0.25) is 24.1 Å². The molecule has 9 atom stereocenters. The highest BCUT2D eigenvalue weighted by molar-refractivity contribution is 7.09. The number of nitrogens with one attached hydrogen (secondary N) is 2. The molecule has 4 amide bonds. The van der Waals surface area contributed by atoms with Crippen LogP contribution in [0.15, 0.2) is 41.9 Å². The maximum atomic E-state index is 14.4. The van der Waals surface area contributed by atoms with Crippen LogP contribution >= 0.6 is 11.3 Å². The Morgan fingerprint density at radius 3 is 2.21 bits per heavy atom. The molecule has 320 valence electrons. The number of nitrogens with two attached hydrogens (primary N) is 1. The van der Waals surface area contributed by atoms with E-state index < -0.39 is 36.3 Å². The van der Waals surface area contributed by atoms with E-state index in [4.69, 9.17) is 15.2 Å². The summed E-state index contributed by atoms with van der Waals surface area (Å²) >= 11 is 1.50. The minimum atomic E-state index is -0.782. The number of ether oxygens (including phenoxy) is 2. The van der Waals surface area contributed by atoms with Crippen LogP contribution < -0.4 is 16.4 Å². The van der Waals surface area contributed by atoms with Crippen molar-refractivity contribution in [2.24, 2.45) is 29.4 Å². The van der Waals surface area contributed by atoms with Crippen LogP contribution in [0.1, 0.15) is 90.8 Å². The van der Waals surface area contributed by atoms with Crippen LogP contribution in [0.3, 0.4) is 0 Å². The summed E-state index contributed by atoms with van der Waals surface area (Å²) in [5, 5.41) is 9.04. The van der Waals surface area contributed by atoms with Crippen molar-refractivity contribution in [2.45, 2.75) is 123 Å². The minimum absolute atomic E-state index is 0.00325. The molecule has 1 aromatic heterocycles. The Hall–Kier alpha value is -3.43. The Balaban J connectivity index is 1.79. The zero-order valence-electron chi connectivity index (χ0n) is 36.3. The number of likely N-dealkylation sites (N-methyl/N-ethyl adjacent to an activating group) is 2. The Kier molecular flexibility index (Phi) is 19.5. The number of likely N-dealkylation sites (tertiary alicyclic amines) is 1. The van der Waals surface area contributed by atoms with Crippen molar-refractivity contribution >= 4 is 35.0 Å². The first-order valence-corrected chi connectivity index (χ1v) is 21.5. The number of carbonyl (C=O) groups excluding carboxylic acids is 4. The van der Waals surface area contributed by atoms with Crippen molar-refractivity contribution < 1.29 is 28.7 Å². The standard InChI is InChI=1S/C43H71N7O6S/c1-12-29(6)38(49(9)43(54)36(27(2)3)47-41(53)37(28(4)5)48(8)23-20-44)34(55-10)26-35(51)50-22-16-19-33(50)39(56-11)30(7)40(52)46-32(42-45-21-24-57-42)25-31-17-14-13-15-18-31/h13-15,17-18,21,24,27-30,32-34,36-39H,12,16,19-20,22-23,25-26,44H2,1-11H3,(H,46,52)(H,47,53)/t29-,30+,32-,33-,34+,36-,37-,38?,39+/m0/s1. The van der Waals surface area contributed by atoms with Gasteiger partial charge in [0.2, 0.25) is 23.6 Å². The van der Waals surface area contributed by atoms with Crippen molar-refractivity contribution in [1.29, 1.82) is 0 Å². The van der Waals surface area contributed by atoms with Crippen molar-refractivity contribution in [3.63, 3.8) is 0 Å². The number of carbonyl (C=O) groups is 4. The van der Waals surface area contributed by atoms with E-state index in [-0.39, 0.29) is 59.9 Å². The summed E-state index contributed by atoms with van der Waals surface area (Å²) in [5.41, 5.74) is 6.90. The number of rotatable bonds is 23. The van der Waals surface area contributed by atoms with Crippen molar-refractivity contribution in [3.05, 3.63) is 52.5 Å². The molecule has 1 aliphatic rings. The van der Waals surface area contributed by atoms with Crippen molar-refractivity contribution in [3.8, 4) is 0 Å². The average molecular weight is 814 g/mol. The van der Waals surface area contributed by atoms with Gasteiger partial charge in [0.15, 0.2) is 0 Å². The van der Waals surface area contributed by atoms with Gasteiger partial charge >= 0.3 is 0 Å². The summed E-state index contributed by atoms with van der Waals surface area (Å²) in [6, 6.07) is 7.70. The van der Waals surface area contributed by atoms with Gasteiger partial charge in [-0.2, -0.15) is 0 Å². The van der Waals surface area contributed by atoms with E-state index in [0.29, 0.717) is 32.5 Å². The second-order valence-electron chi connectivity index (χ2n) is 16.4. The number of methoxy groups -OCH3 is 2. The molecule has 1 unspecified atom stereocenters. The van der Waals surface area contributed by atoms with Crippen LogP contribution in [-0.2, 0) is 35.1 Å². The Morgan fingerprint density at radius 1 is 0.982 bits per heavy atom. The third kappa shape index (κ3) is 12.8. The van der Waals surface area contributed by atoms with Crippen LogP contribution in [0.25, 0.3) is 0 Å². The number of hydrogen-bond acceptors (Lipinski definition) is 10. The van der Waals surface area contributed by atoms with Gasteiger partial charge in [0.05, 0.1) is 48.7 Å². The lowest BCUT2D eigenvalue weighted by Crippen LogP contribution is -2.60. The summed E-state index contributed by atoms with van der Waals surface area (Å²) in [6.45, 7) is 15.3. The lowest BCUT2D eigenvalue weighted by molar-refractivity contribution is -0.148. The number of hydrogen-bond donors (Lipinski definition) is 3. The largest absolute Gasteiger partial charge is 0.379 e. The third-order valence-corrected chi connectivity index (χ3v) is 12.6. The molecule has 2 heterocycles. The van der Waals surface area contributed by atoms with Crippen molar-refractivity contribution in [1.82, 2.24) is 30.3 Å². The number of amides is 4. The van der Waals surface area contributed by atoms with Crippen LogP contribution in [0, 0.1) is 23.7 Å². The Labute approximate surface area is 345 Å². The normalized spacial score (nSPS) is 18.8. The van der Waals surface area contributed by atoms with Gasteiger partial charge in [0.1, 0.15) is 11.0 Å². The minimum Gasteiger partial charge on any atom is -0.379 e. The lowest BCUT2D eigenvalue weighted by Gasteiger charge is -2.41. The summed E-state index contributed by atoms with van der Waals surface area (Å²) < 4.78 is 12.1. The quantitative estimate of drug-likeness (QED) is 0.147. The Bertz CT molecular complexity index is 1530. The number of nitrogens with zero attached hydrogens (tertiary/aromatic N) is 4. The second kappa shape index (κ2) is 23.2. The predicted octanol–water partition coefficient (Wildman–Crippen LogP) is 4.52. The fourth-order valence-corrected chi connectivity index (χ4v) is 9.08. The molecule has 1 saturated heterocycles. The Morgan fingerprint density at radius 2 is 1.67 bits per heavy atom. The molecule has 13 nitrogen and oxygen atoms in total. The van der Waals surface area contributed by atoms with E-state index in [0.717, 1.165) is 23.4 Å². The van der Waals surface area contributed by atoms with Gasteiger partial charge in [-0.05, 0) is 49.6 Å².